The average Bonchev–Trinajstić information content (AvgIpc) is 2.64. The molecule has 1 amide bonds. The fourth-order valence-corrected chi connectivity index (χ4v) is 3.16. The molecule has 1 aromatic heterocycles. The highest BCUT2D eigenvalue weighted by atomic mass is 35.5. The molecule has 1 aromatic rings. The van der Waals surface area contributed by atoms with Crippen molar-refractivity contribution in [3.8, 4) is 0 Å². The van der Waals surface area contributed by atoms with Crippen LogP contribution in [0.1, 0.15) is 43.6 Å². The maximum absolute atomic E-state index is 12.5. The normalized spacial score (nSPS) is 19.7. The number of hydrogen-bond donors (Lipinski definition) is 1. The Kier molecular flexibility index (Phi) is 8.07. The molecule has 2 heterocycles. The summed E-state index contributed by atoms with van der Waals surface area (Å²) in [6.07, 6.45) is 2.22. The largest absolute Gasteiger partial charge is 0.342 e. The molecule has 0 saturated carbocycles. The molecule has 1 aliphatic rings. The maximum atomic E-state index is 12.5. The standard InChI is InChI=1S/C16H28N4O.2ClH/c1-11-13(12(2)19(5)18-11)6-7-15(21)20-9-8-14(17)16(3,4)10-20;;/h14H,6-10,17H2,1-5H3;2*1H. The summed E-state index contributed by atoms with van der Waals surface area (Å²) in [6, 6.07) is 0.185. The number of hydrogen-bond acceptors (Lipinski definition) is 3. The van der Waals surface area contributed by atoms with Crippen LogP contribution in [0.3, 0.4) is 0 Å². The Hall–Kier alpha value is -0.780. The number of nitrogens with two attached hydrogens (primary N) is 1. The molecule has 1 unspecified atom stereocenters. The van der Waals surface area contributed by atoms with Crippen molar-refractivity contribution in [2.75, 3.05) is 13.1 Å². The molecule has 0 radical (unpaired) electrons. The number of carbonyl (C=O) groups excluding carboxylic acids is 1. The minimum Gasteiger partial charge on any atom is -0.342 e. The third-order valence-electron chi connectivity index (χ3n) is 4.91. The molecule has 1 saturated heterocycles. The Morgan fingerprint density at radius 1 is 1.35 bits per heavy atom. The zero-order chi connectivity index (χ0) is 15.8. The van der Waals surface area contributed by atoms with E-state index in [2.05, 4.69) is 25.9 Å². The summed E-state index contributed by atoms with van der Waals surface area (Å²) in [7, 11) is 1.95. The van der Waals surface area contributed by atoms with Gasteiger partial charge in [-0.3, -0.25) is 9.48 Å². The first kappa shape index (κ1) is 22.2. The topological polar surface area (TPSA) is 64.2 Å². The van der Waals surface area contributed by atoms with Crippen molar-refractivity contribution in [3.63, 3.8) is 0 Å². The Bertz CT molecular complexity index is 542. The van der Waals surface area contributed by atoms with Gasteiger partial charge < -0.3 is 10.6 Å². The summed E-state index contributed by atoms with van der Waals surface area (Å²) in [5.41, 5.74) is 9.53. The molecule has 2 N–H and O–H groups in total. The van der Waals surface area contributed by atoms with E-state index in [-0.39, 0.29) is 42.2 Å². The van der Waals surface area contributed by atoms with Gasteiger partial charge in [0.2, 0.25) is 5.91 Å². The van der Waals surface area contributed by atoms with Crippen LogP contribution >= 0.6 is 24.8 Å². The fourth-order valence-electron chi connectivity index (χ4n) is 3.16. The third kappa shape index (κ3) is 4.85. The molecule has 0 aliphatic carbocycles. The molecule has 1 aliphatic heterocycles. The van der Waals surface area contributed by atoms with Crippen LogP contribution in [0, 0.1) is 19.3 Å². The Balaban J connectivity index is 0.00000242. The Labute approximate surface area is 151 Å². The molecule has 1 atom stereocenters. The lowest BCUT2D eigenvalue weighted by atomic mass is 9.79. The second-order valence-corrected chi connectivity index (χ2v) is 6.97. The van der Waals surface area contributed by atoms with Gasteiger partial charge in [0.1, 0.15) is 0 Å². The molecule has 5 nitrogen and oxygen atoms in total. The second kappa shape index (κ2) is 8.36. The van der Waals surface area contributed by atoms with Gasteiger partial charge in [-0.2, -0.15) is 5.10 Å². The van der Waals surface area contributed by atoms with Crippen LogP contribution < -0.4 is 5.73 Å². The third-order valence-corrected chi connectivity index (χ3v) is 4.91. The van der Waals surface area contributed by atoms with E-state index < -0.39 is 0 Å². The van der Waals surface area contributed by atoms with Crippen molar-refractivity contribution >= 4 is 30.7 Å². The van der Waals surface area contributed by atoms with Gasteiger partial charge in [0.25, 0.3) is 0 Å². The van der Waals surface area contributed by atoms with Crippen LogP contribution in [-0.2, 0) is 18.3 Å². The fraction of sp³-hybridized carbons (Fsp3) is 0.750. The first-order chi connectivity index (χ1) is 9.72. The van der Waals surface area contributed by atoms with Gasteiger partial charge in [0, 0.05) is 38.3 Å². The zero-order valence-electron chi connectivity index (χ0n) is 14.8. The first-order valence-electron chi connectivity index (χ1n) is 7.75. The van der Waals surface area contributed by atoms with Crippen molar-refractivity contribution in [2.24, 2.45) is 18.2 Å². The summed E-state index contributed by atoms with van der Waals surface area (Å²) in [5, 5.41) is 4.41. The van der Waals surface area contributed by atoms with Gasteiger partial charge in [-0.25, -0.2) is 0 Å². The highest BCUT2D eigenvalue weighted by molar-refractivity contribution is 5.85. The van der Waals surface area contributed by atoms with Crippen LogP contribution in [0.15, 0.2) is 0 Å². The quantitative estimate of drug-likeness (QED) is 0.895. The minimum absolute atomic E-state index is 0. The zero-order valence-corrected chi connectivity index (χ0v) is 16.4. The summed E-state index contributed by atoms with van der Waals surface area (Å²) < 4.78 is 1.89. The summed E-state index contributed by atoms with van der Waals surface area (Å²) in [6.45, 7) is 9.91. The number of nitrogens with zero attached hydrogens (tertiary/aromatic N) is 3. The smallest absolute Gasteiger partial charge is 0.222 e. The van der Waals surface area contributed by atoms with Crippen LogP contribution in [0.5, 0.6) is 0 Å². The molecule has 23 heavy (non-hydrogen) atoms. The number of likely N-dealkylation sites (tertiary alicyclic amines) is 1. The van der Waals surface area contributed by atoms with Gasteiger partial charge in [-0.05, 0) is 37.7 Å². The summed E-state index contributed by atoms with van der Waals surface area (Å²) in [5.74, 6) is 0.234. The van der Waals surface area contributed by atoms with E-state index in [9.17, 15) is 4.79 Å². The lowest BCUT2D eigenvalue weighted by Gasteiger charge is -2.42. The number of aryl methyl sites for hydroxylation is 2. The monoisotopic (exact) mass is 364 g/mol. The lowest BCUT2D eigenvalue weighted by Crippen LogP contribution is -2.54. The van der Waals surface area contributed by atoms with Crippen molar-refractivity contribution in [3.05, 3.63) is 17.0 Å². The number of rotatable bonds is 3. The predicted molar refractivity (Wildman–Crippen MR) is 98.5 cm³/mol. The average molecular weight is 365 g/mol. The van der Waals surface area contributed by atoms with Gasteiger partial charge in [-0.15, -0.1) is 24.8 Å². The summed E-state index contributed by atoms with van der Waals surface area (Å²) in [4.78, 5) is 14.4. The Morgan fingerprint density at radius 3 is 2.43 bits per heavy atom. The van der Waals surface area contributed by atoms with E-state index in [1.807, 2.05) is 23.6 Å². The van der Waals surface area contributed by atoms with Gasteiger partial charge in [-0.1, -0.05) is 13.8 Å². The van der Waals surface area contributed by atoms with E-state index in [4.69, 9.17) is 5.73 Å². The van der Waals surface area contributed by atoms with E-state index in [0.29, 0.717) is 6.42 Å². The van der Waals surface area contributed by atoms with Crippen molar-refractivity contribution in [2.45, 2.75) is 53.0 Å². The molecular formula is C16H30Cl2N4O. The molecule has 7 heteroatoms. The highest BCUT2D eigenvalue weighted by Crippen LogP contribution is 2.28. The van der Waals surface area contributed by atoms with Gasteiger partial charge in [0.05, 0.1) is 5.69 Å². The lowest BCUT2D eigenvalue weighted by molar-refractivity contribution is -0.134. The number of halogens is 2. The maximum Gasteiger partial charge on any atom is 0.222 e. The van der Waals surface area contributed by atoms with E-state index in [1.54, 1.807) is 0 Å². The van der Waals surface area contributed by atoms with Crippen LogP contribution in [-0.4, -0.2) is 39.7 Å². The molecule has 2 rings (SSSR count). The number of amides is 1. The molecule has 0 aromatic carbocycles. The highest BCUT2D eigenvalue weighted by Gasteiger charge is 2.35. The van der Waals surface area contributed by atoms with E-state index in [1.165, 1.54) is 5.56 Å². The molecule has 0 spiro atoms. The summed E-state index contributed by atoms with van der Waals surface area (Å²) >= 11 is 0. The number of carbonyl (C=O) groups is 1. The van der Waals surface area contributed by atoms with Gasteiger partial charge in [0.15, 0.2) is 0 Å². The van der Waals surface area contributed by atoms with Crippen molar-refractivity contribution < 1.29 is 4.79 Å². The number of aromatic nitrogens is 2. The van der Waals surface area contributed by atoms with Crippen LogP contribution in [0.2, 0.25) is 0 Å². The molecule has 1 fully saturated rings. The first-order valence-corrected chi connectivity index (χ1v) is 7.75. The van der Waals surface area contributed by atoms with Crippen LogP contribution in [0.4, 0.5) is 0 Å². The SMILES string of the molecule is Cc1nn(C)c(C)c1CCC(=O)N1CCC(N)C(C)(C)C1.Cl.Cl. The molecule has 134 valence electrons. The predicted octanol–water partition coefficient (Wildman–Crippen LogP) is 2.40. The van der Waals surface area contributed by atoms with E-state index >= 15 is 0 Å². The molecular weight excluding hydrogens is 335 g/mol. The van der Waals surface area contributed by atoms with Crippen LogP contribution in [0.25, 0.3) is 0 Å². The van der Waals surface area contributed by atoms with Gasteiger partial charge >= 0.3 is 0 Å². The second-order valence-electron chi connectivity index (χ2n) is 6.97. The van der Waals surface area contributed by atoms with Crippen molar-refractivity contribution in [1.29, 1.82) is 0 Å². The minimum atomic E-state index is 0. The molecule has 0 bridgehead atoms. The number of piperidine rings is 1. The Morgan fingerprint density at radius 2 is 1.96 bits per heavy atom. The van der Waals surface area contributed by atoms with E-state index in [0.717, 1.165) is 37.3 Å². The van der Waals surface area contributed by atoms with Crippen molar-refractivity contribution in [1.82, 2.24) is 14.7 Å².